The lowest BCUT2D eigenvalue weighted by Crippen LogP contribution is -2.50. The largest absolute Gasteiger partial charge is 0.379 e. The Bertz CT molecular complexity index is 690. The summed E-state index contributed by atoms with van der Waals surface area (Å²) in [5, 5.41) is 4.29. The van der Waals surface area contributed by atoms with Crippen LogP contribution in [0.3, 0.4) is 0 Å². The van der Waals surface area contributed by atoms with Crippen molar-refractivity contribution in [1.82, 2.24) is 24.6 Å². The number of anilines is 1. The van der Waals surface area contributed by atoms with E-state index >= 15 is 0 Å². The van der Waals surface area contributed by atoms with Crippen LogP contribution in [0.25, 0.3) is 0 Å². The van der Waals surface area contributed by atoms with Gasteiger partial charge in [0, 0.05) is 62.8 Å². The minimum Gasteiger partial charge on any atom is -0.379 e. The second-order valence-corrected chi connectivity index (χ2v) is 7.36. The lowest BCUT2D eigenvalue weighted by atomic mass is 9.80. The van der Waals surface area contributed by atoms with Crippen LogP contribution in [0.1, 0.15) is 18.4 Å². The quantitative estimate of drug-likeness (QED) is 0.839. The number of rotatable bonds is 3. The molecule has 0 unspecified atom stereocenters. The average Bonchev–Trinajstić information content (AvgIpc) is 2.92. The van der Waals surface area contributed by atoms with Crippen LogP contribution in [-0.2, 0) is 18.3 Å². The van der Waals surface area contributed by atoms with E-state index in [-0.39, 0.29) is 5.41 Å². The zero-order chi connectivity index (χ0) is 17.1. The van der Waals surface area contributed by atoms with Crippen LogP contribution in [-0.4, -0.2) is 64.0 Å². The topological polar surface area (TPSA) is 59.3 Å². The van der Waals surface area contributed by atoms with E-state index in [1.807, 2.05) is 36.4 Å². The normalized spacial score (nSPS) is 25.2. The van der Waals surface area contributed by atoms with Crippen LogP contribution >= 0.6 is 0 Å². The lowest BCUT2D eigenvalue weighted by Gasteiger charge is -2.43. The molecule has 1 atom stereocenters. The molecule has 4 rings (SSSR count). The van der Waals surface area contributed by atoms with Crippen molar-refractivity contribution < 1.29 is 4.74 Å². The first-order chi connectivity index (χ1) is 12.2. The SMILES string of the molecule is Cn1cc(CN2CCC[C@@]3(COCCN(c4ncccn4)C3)C2)cn1. The highest BCUT2D eigenvalue weighted by Crippen LogP contribution is 2.34. The van der Waals surface area contributed by atoms with E-state index in [1.54, 1.807) is 0 Å². The first-order valence-electron chi connectivity index (χ1n) is 9.02. The molecule has 2 aromatic rings. The van der Waals surface area contributed by atoms with Crippen LogP contribution in [0, 0.1) is 5.41 Å². The lowest BCUT2D eigenvalue weighted by molar-refractivity contribution is 0.0106. The van der Waals surface area contributed by atoms with Gasteiger partial charge in [-0.15, -0.1) is 0 Å². The average molecular weight is 342 g/mol. The summed E-state index contributed by atoms with van der Waals surface area (Å²) < 4.78 is 7.88. The molecule has 2 aliphatic heterocycles. The summed E-state index contributed by atoms with van der Waals surface area (Å²) in [5.74, 6) is 0.816. The molecule has 2 fully saturated rings. The summed E-state index contributed by atoms with van der Waals surface area (Å²) in [6.07, 6.45) is 10.1. The van der Waals surface area contributed by atoms with Crippen molar-refractivity contribution >= 4 is 5.95 Å². The van der Waals surface area contributed by atoms with Gasteiger partial charge < -0.3 is 9.64 Å². The van der Waals surface area contributed by atoms with Gasteiger partial charge in [0.2, 0.25) is 5.95 Å². The number of aromatic nitrogens is 4. The monoisotopic (exact) mass is 342 g/mol. The van der Waals surface area contributed by atoms with E-state index in [2.05, 4.69) is 31.1 Å². The second-order valence-electron chi connectivity index (χ2n) is 7.36. The molecule has 0 aliphatic carbocycles. The number of piperidine rings is 1. The highest BCUT2D eigenvalue weighted by molar-refractivity contribution is 5.29. The van der Waals surface area contributed by atoms with Gasteiger partial charge in [0.05, 0.1) is 19.4 Å². The molecule has 4 heterocycles. The number of hydrogen-bond donors (Lipinski definition) is 0. The predicted octanol–water partition coefficient (Wildman–Crippen LogP) is 1.33. The summed E-state index contributed by atoms with van der Waals surface area (Å²) in [7, 11) is 1.97. The number of aryl methyl sites for hydroxylation is 1. The maximum atomic E-state index is 6.00. The number of hydrogen-bond acceptors (Lipinski definition) is 6. The zero-order valence-corrected chi connectivity index (χ0v) is 14.8. The van der Waals surface area contributed by atoms with Gasteiger partial charge in [-0.2, -0.15) is 5.10 Å². The van der Waals surface area contributed by atoms with Crippen LogP contribution < -0.4 is 4.90 Å². The Balaban J connectivity index is 1.48. The zero-order valence-electron chi connectivity index (χ0n) is 14.8. The highest BCUT2D eigenvalue weighted by Gasteiger charge is 2.39. The predicted molar refractivity (Wildman–Crippen MR) is 95.2 cm³/mol. The van der Waals surface area contributed by atoms with Crippen molar-refractivity contribution in [2.45, 2.75) is 19.4 Å². The van der Waals surface area contributed by atoms with E-state index in [0.717, 1.165) is 51.9 Å². The van der Waals surface area contributed by atoms with Gasteiger partial charge in [-0.3, -0.25) is 9.58 Å². The third-order valence-electron chi connectivity index (χ3n) is 5.18. The fourth-order valence-electron chi connectivity index (χ4n) is 4.12. The van der Waals surface area contributed by atoms with Gasteiger partial charge in [0.1, 0.15) is 0 Å². The molecule has 7 nitrogen and oxygen atoms in total. The van der Waals surface area contributed by atoms with E-state index in [9.17, 15) is 0 Å². The van der Waals surface area contributed by atoms with E-state index in [0.29, 0.717) is 0 Å². The van der Waals surface area contributed by atoms with Gasteiger partial charge in [-0.25, -0.2) is 9.97 Å². The third kappa shape index (κ3) is 3.82. The Hall–Kier alpha value is -1.99. The summed E-state index contributed by atoms with van der Waals surface area (Å²) >= 11 is 0. The van der Waals surface area contributed by atoms with Gasteiger partial charge >= 0.3 is 0 Å². The Morgan fingerprint density at radius 1 is 1.20 bits per heavy atom. The summed E-state index contributed by atoms with van der Waals surface area (Å²) in [5.41, 5.74) is 1.42. The first kappa shape index (κ1) is 16.5. The standard InChI is InChI=1S/C18H26N6O/c1-22-11-16(10-21-22)12-23-7-2-4-18(13-23)14-24(8-9-25-15-18)17-19-5-3-6-20-17/h3,5-6,10-11H,2,4,7-9,12-15H2,1H3/t18-/m1/s1. The Morgan fingerprint density at radius 2 is 2.08 bits per heavy atom. The second kappa shape index (κ2) is 7.09. The van der Waals surface area contributed by atoms with Gasteiger partial charge in [-0.1, -0.05) is 0 Å². The number of nitrogens with zero attached hydrogens (tertiary/aromatic N) is 6. The Morgan fingerprint density at radius 3 is 2.88 bits per heavy atom. The van der Waals surface area contributed by atoms with Crippen molar-refractivity contribution in [2.24, 2.45) is 12.5 Å². The summed E-state index contributed by atoms with van der Waals surface area (Å²) in [6, 6.07) is 1.86. The molecular formula is C18H26N6O. The molecule has 2 aliphatic rings. The molecule has 0 N–H and O–H groups in total. The van der Waals surface area contributed by atoms with Gasteiger partial charge in [0.15, 0.2) is 0 Å². The smallest absolute Gasteiger partial charge is 0.225 e. The molecule has 134 valence electrons. The molecule has 2 saturated heterocycles. The van der Waals surface area contributed by atoms with E-state index < -0.39 is 0 Å². The maximum absolute atomic E-state index is 6.00. The number of ether oxygens (including phenoxy) is 1. The Kier molecular flexibility index (Phi) is 4.67. The van der Waals surface area contributed by atoms with E-state index in [4.69, 9.17) is 4.74 Å². The summed E-state index contributed by atoms with van der Waals surface area (Å²) in [4.78, 5) is 13.7. The molecule has 0 radical (unpaired) electrons. The third-order valence-corrected chi connectivity index (χ3v) is 5.18. The molecule has 0 bridgehead atoms. The van der Waals surface area contributed by atoms with Crippen molar-refractivity contribution in [3.63, 3.8) is 0 Å². The molecule has 0 saturated carbocycles. The van der Waals surface area contributed by atoms with Crippen LogP contribution in [0.2, 0.25) is 0 Å². The highest BCUT2D eigenvalue weighted by atomic mass is 16.5. The molecule has 7 heteroatoms. The van der Waals surface area contributed by atoms with Crippen molar-refractivity contribution in [3.05, 3.63) is 36.4 Å². The van der Waals surface area contributed by atoms with Gasteiger partial charge in [0.25, 0.3) is 0 Å². The molecule has 2 aromatic heterocycles. The molecule has 25 heavy (non-hydrogen) atoms. The minimum absolute atomic E-state index is 0.149. The minimum atomic E-state index is 0.149. The van der Waals surface area contributed by atoms with Crippen LogP contribution in [0.4, 0.5) is 5.95 Å². The fourth-order valence-corrected chi connectivity index (χ4v) is 4.12. The fraction of sp³-hybridized carbons (Fsp3) is 0.611. The van der Waals surface area contributed by atoms with Gasteiger partial charge in [-0.05, 0) is 25.5 Å². The molecule has 0 aromatic carbocycles. The first-order valence-corrected chi connectivity index (χ1v) is 9.02. The van der Waals surface area contributed by atoms with Crippen molar-refractivity contribution in [3.8, 4) is 0 Å². The van der Waals surface area contributed by atoms with Crippen LogP contribution in [0.5, 0.6) is 0 Å². The maximum Gasteiger partial charge on any atom is 0.225 e. The van der Waals surface area contributed by atoms with Crippen molar-refractivity contribution in [1.29, 1.82) is 0 Å². The molecule has 0 amide bonds. The Labute approximate surface area is 148 Å². The van der Waals surface area contributed by atoms with Crippen molar-refractivity contribution in [2.75, 3.05) is 44.3 Å². The van der Waals surface area contributed by atoms with E-state index in [1.165, 1.54) is 18.4 Å². The molecular weight excluding hydrogens is 316 g/mol. The molecule has 1 spiro atoms. The van der Waals surface area contributed by atoms with Crippen LogP contribution in [0.15, 0.2) is 30.9 Å². The summed E-state index contributed by atoms with van der Waals surface area (Å²) in [6.45, 7) is 6.51. The number of likely N-dealkylation sites (tertiary alicyclic amines) is 1.